The van der Waals surface area contributed by atoms with Crippen LogP contribution in [-0.2, 0) is 28.3 Å². The monoisotopic (exact) mass is 536 g/mol. The maximum atomic E-state index is 13.8. The van der Waals surface area contributed by atoms with Gasteiger partial charge in [-0.05, 0) is 57.4 Å². The molecule has 1 unspecified atom stereocenters. The van der Waals surface area contributed by atoms with Gasteiger partial charge >= 0.3 is 0 Å². The summed E-state index contributed by atoms with van der Waals surface area (Å²) in [6.07, 6.45) is 0.417. The van der Waals surface area contributed by atoms with E-state index in [4.69, 9.17) is 11.6 Å². The Bertz CT molecular complexity index is 1190. The number of halogens is 1. The van der Waals surface area contributed by atoms with Gasteiger partial charge < -0.3 is 10.2 Å². The second-order valence-electron chi connectivity index (χ2n) is 10.5. The first-order chi connectivity index (χ1) is 17.5. The third-order valence-corrected chi connectivity index (χ3v) is 7.20. The number of nitrogens with one attached hydrogen (secondary N) is 1. The molecule has 0 aliphatic rings. The quantitative estimate of drug-likeness (QED) is 0.312. The summed E-state index contributed by atoms with van der Waals surface area (Å²) in [4.78, 5) is 29.1. The van der Waals surface area contributed by atoms with Gasteiger partial charge in [0, 0.05) is 29.3 Å². The number of carbonyl (C=O) groups excluding carboxylic acids is 2. The zero-order chi connectivity index (χ0) is 27.0. The molecule has 196 valence electrons. The summed E-state index contributed by atoms with van der Waals surface area (Å²) >= 11 is 8.06. The summed E-state index contributed by atoms with van der Waals surface area (Å²) in [7, 11) is 0. The Morgan fingerprint density at radius 1 is 0.919 bits per heavy atom. The molecule has 0 spiro atoms. The Labute approximate surface area is 230 Å². The molecule has 0 fully saturated rings. The molecule has 0 saturated heterocycles. The van der Waals surface area contributed by atoms with Gasteiger partial charge in [0.25, 0.3) is 0 Å². The van der Waals surface area contributed by atoms with Crippen LogP contribution < -0.4 is 5.32 Å². The standard InChI is InChI=1S/C31H37ClN2O2S/c1-22-15-23(2)17-25(16-22)20-37-21-29(35)34(19-26-13-9-10-14-27(26)32)28(30(36)33-31(3,4)5)18-24-11-7-6-8-12-24/h6-17,28H,18-21H2,1-5H3,(H,33,36). The molecule has 0 saturated carbocycles. The number of amides is 2. The van der Waals surface area contributed by atoms with E-state index in [-0.39, 0.29) is 24.1 Å². The van der Waals surface area contributed by atoms with Crippen molar-refractivity contribution in [1.82, 2.24) is 10.2 Å². The van der Waals surface area contributed by atoms with Gasteiger partial charge in [-0.15, -0.1) is 11.8 Å². The summed E-state index contributed by atoms with van der Waals surface area (Å²) in [5.41, 5.74) is 5.00. The first kappa shape index (κ1) is 28.8. The van der Waals surface area contributed by atoms with Crippen LogP contribution in [0.25, 0.3) is 0 Å². The first-order valence-corrected chi connectivity index (χ1v) is 14.1. The summed E-state index contributed by atoms with van der Waals surface area (Å²) in [6, 6.07) is 23.1. The summed E-state index contributed by atoms with van der Waals surface area (Å²) < 4.78 is 0. The molecule has 0 heterocycles. The molecule has 3 rings (SSSR count). The Morgan fingerprint density at radius 2 is 1.54 bits per heavy atom. The number of benzene rings is 3. The van der Waals surface area contributed by atoms with Gasteiger partial charge in [-0.25, -0.2) is 0 Å². The van der Waals surface area contributed by atoms with Gasteiger partial charge in [0.15, 0.2) is 0 Å². The molecule has 2 amide bonds. The van der Waals surface area contributed by atoms with Crippen molar-refractivity contribution in [2.24, 2.45) is 0 Å². The molecule has 1 N–H and O–H groups in total. The second kappa shape index (κ2) is 13.2. The van der Waals surface area contributed by atoms with Crippen LogP contribution in [0, 0.1) is 13.8 Å². The topological polar surface area (TPSA) is 49.4 Å². The molecule has 0 aromatic heterocycles. The van der Waals surface area contributed by atoms with Crippen LogP contribution in [0.2, 0.25) is 5.02 Å². The van der Waals surface area contributed by atoms with E-state index in [9.17, 15) is 9.59 Å². The molecular weight excluding hydrogens is 500 g/mol. The first-order valence-electron chi connectivity index (χ1n) is 12.6. The highest BCUT2D eigenvalue weighted by Crippen LogP contribution is 2.23. The number of aryl methyl sites for hydroxylation is 2. The lowest BCUT2D eigenvalue weighted by molar-refractivity contribution is -0.140. The predicted molar refractivity (Wildman–Crippen MR) is 156 cm³/mol. The minimum absolute atomic E-state index is 0.0840. The van der Waals surface area contributed by atoms with Crippen LogP contribution in [0.15, 0.2) is 72.8 Å². The zero-order valence-electron chi connectivity index (χ0n) is 22.4. The van der Waals surface area contributed by atoms with Gasteiger partial charge in [-0.3, -0.25) is 9.59 Å². The van der Waals surface area contributed by atoms with Crippen LogP contribution in [0.4, 0.5) is 0 Å². The van der Waals surface area contributed by atoms with Crippen molar-refractivity contribution in [1.29, 1.82) is 0 Å². The molecule has 37 heavy (non-hydrogen) atoms. The molecule has 1 atom stereocenters. The van der Waals surface area contributed by atoms with Crippen LogP contribution >= 0.6 is 23.4 Å². The van der Waals surface area contributed by atoms with E-state index in [1.165, 1.54) is 16.7 Å². The normalized spacial score (nSPS) is 12.2. The van der Waals surface area contributed by atoms with Crippen LogP contribution in [0.1, 0.15) is 48.6 Å². The van der Waals surface area contributed by atoms with E-state index >= 15 is 0 Å². The van der Waals surface area contributed by atoms with Crippen molar-refractivity contribution in [2.75, 3.05) is 5.75 Å². The van der Waals surface area contributed by atoms with Gasteiger partial charge in [-0.2, -0.15) is 0 Å². The smallest absolute Gasteiger partial charge is 0.243 e. The van der Waals surface area contributed by atoms with Crippen LogP contribution in [0.3, 0.4) is 0 Å². The third kappa shape index (κ3) is 9.24. The zero-order valence-corrected chi connectivity index (χ0v) is 24.0. The molecule has 4 nitrogen and oxygen atoms in total. The van der Waals surface area contributed by atoms with Crippen molar-refractivity contribution in [3.8, 4) is 0 Å². The van der Waals surface area contributed by atoms with Crippen molar-refractivity contribution in [3.63, 3.8) is 0 Å². The maximum Gasteiger partial charge on any atom is 0.243 e. The number of thioether (sulfide) groups is 1. The third-order valence-electron chi connectivity index (χ3n) is 5.84. The van der Waals surface area contributed by atoms with E-state index in [2.05, 4.69) is 37.4 Å². The minimum atomic E-state index is -0.674. The number of rotatable bonds is 10. The van der Waals surface area contributed by atoms with Gasteiger partial charge in [0.05, 0.1) is 5.75 Å². The van der Waals surface area contributed by atoms with E-state index in [1.54, 1.807) is 16.7 Å². The molecule has 3 aromatic carbocycles. The average molecular weight is 537 g/mol. The molecular formula is C31H37ClN2O2S. The van der Waals surface area contributed by atoms with Crippen molar-refractivity contribution in [3.05, 3.63) is 106 Å². The average Bonchev–Trinajstić information content (AvgIpc) is 2.81. The second-order valence-corrected chi connectivity index (χ2v) is 11.9. The molecule has 0 aliphatic heterocycles. The Hall–Kier alpha value is -2.76. The minimum Gasteiger partial charge on any atom is -0.350 e. The lowest BCUT2D eigenvalue weighted by atomic mass is 10.0. The fourth-order valence-electron chi connectivity index (χ4n) is 4.31. The molecule has 6 heteroatoms. The number of carbonyl (C=O) groups is 2. The number of nitrogens with zero attached hydrogens (tertiary/aromatic N) is 1. The SMILES string of the molecule is Cc1cc(C)cc(CSCC(=O)N(Cc2ccccc2Cl)C(Cc2ccccc2)C(=O)NC(C)(C)C)c1. The van der Waals surface area contributed by atoms with Crippen LogP contribution in [-0.4, -0.2) is 34.0 Å². The van der Waals surface area contributed by atoms with E-state index in [0.717, 1.165) is 16.9 Å². The van der Waals surface area contributed by atoms with Gasteiger partial charge in [0.2, 0.25) is 11.8 Å². The van der Waals surface area contributed by atoms with Crippen molar-refractivity contribution in [2.45, 2.75) is 64.9 Å². The molecule has 3 aromatic rings. The predicted octanol–water partition coefficient (Wildman–Crippen LogP) is 6.74. The largest absolute Gasteiger partial charge is 0.350 e. The Morgan fingerprint density at radius 3 is 2.16 bits per heavy atom. The van der Waals surface area contributed by atoms with Gasteiger partial charge in [0.1, 0.15) is 6.04 Å². The fourth-order valence-corrected chi connectivity index (χ4v) is 5.35. The Kier molecular flexibility index (Phi) is 10.2. The highest BCUT2D eigenvalue weighted by Gasteiger charge is 2.32. The lowest BCUT2D eigenvalue weighted by Crippen LogP contribution is -2.54. The Balaban J connectivity index is 1.88. The molecule has 0 radical (unpaired) electrons. The van der Waals surface area contributed by atoms with Crippen LogP contribution in [0.5, 0.6) is 0 Å². The van der Waals surface area contributed by atoms with E-state index < -0.39 is 11.6 Å². The molecule has 0 bridgehead atoms. The van der Waals surface area contributed by atoms with E-state index in [0.29, 0.717) is 11.4 Å². The maximum absolute atomic E-state index is 13.8. The van der Waals surface area contributed by atoms with Crippen molar-refractivity contribution < 1.29 is 9.59 Å². The highest BCUT2D eigenvalue weighted by molar-refractivity contribution is 7.99. The van der Waals surface area contributed by atoms with Gasteiger partial charge in [-0.1, -0.05) is 89.5 Å². The summed E-state index contributed by atoms with van der Waals surface area (Å²) in [5.74, 6) is 0.743. The number of hydrogen-bond donors (Lipinski definition) is 1. The van der Waals surface area contributed by atoms with E-state index in [1.807, 2.05) is 75.4 Å². The molecule has 0 aliphatic carbocycles. The fraction of sp³-hybridized carbons (Fsp3) is 0.355. The van der Waals surface area contributed by atoms with Crippen molar-refractivity contribution >= 4 is 35.2 Å². The highest BCUT2D eigenvalue weighted by atomic mass is 35.5. The summed E-state index contributed by atoms with van der Waals surface area (Å²) in [5, 5.41) is 3.68. The summed E-state index contributed by atoms with van der Waals surface area (Å²) in [6.45, 7) is 10.3. The lowest BCUT2D eigenvalue weighted by Gasteiger charge is -2.34. The number of hydrogen-bond acceptors (Lipinski definition) is 3.